The van der Waals surface area contributed by atoms with Crippen LogP contribution < -0.4 is 4.74 Å². The number of aliphatic hydroxyl groups is 1. The number of methoxy groups -OCH3 is 1. The Balaban J connectivity index is 1.97. The smallest absolute Gasteiger partial charge is 0.162 e. The molecule has 0 saturated carbocycles. The van der Waals surface area contributed by atoms with E-state index in [1.54, 1.807) is 29.8 Å². The number of nitrogens with zero attached hydrogens (tertiary/aromatic N) is 2. The molecule has 19 heavy (non-hydrogen) atoms. The molecule has 5 heteroatoms. The molecule has 1 aliphatic rings. The fourth-order valence-corrected chi connectivity index (χ4v) is 3.84. The molecule has 0 aliphatic carbocycles. The Bertz CT molecular complexity index is 597. The lowest BCUT2D eigenvalue weighted by molar-refractivity contribution is 0.140. The van der Waals surface area contributed by atoms with E-state index in [1.807, 2.05) is 19.2 Å². The van der Waals surface area contributed by atoms with Gasteiger partial charge in [-0.1, -0.05) is 18.2 Å². The average Bonchev–Trinajstić information content (AvgIpc) is 3.01. The zero-order valence-electron chi connectivity index (χ0n) is 10.9. The largest absolute Gasteiger partial charge is 0.493 e. The minimum Gasteiger partial charge on any atom is -0.493 e. The topological polar surface area (TPSA) is 47.3 Å². The molecule has 1 N–H and O–H groups in total. The molecule has 2 heterocycles. The maximum Gasteiger partial charge on any atom is 0.162 e. The van der Waals surface area contributed by atoms with Crippen LogP contribution >= 0.6 is 11.8 Å². The highest BCUT2D eigenvalue weighted by Gasteiger charge is 2.33. The normalized spacial score (nSPS) is 19.2. The van der Waals surface area contributed by atoms with Crippen molar-refractivity contribution in [3.63, 3.8) is 0 Å². The summed E-state index contributed by atoms with van der Waals surface area (Å²) in [7, 11) is 3.43. The Hall–Kier alpha value is -1.46. The summed E-state index contributed by atoms with van der Waals surface area (Å²) < 4.78 is 6.97. The number of hydrogen-bond donors (Lipinski definition) is 1. The number of aryl methyl sites for hydroxylation is 1. The van der Waals surface area contributed by atoms with Gasteiger partial charge in [-0.3, -0.25) is 4.68 Å². The number of aromatic nitrogens is 2. The van der Waals surface area contributed by atoms with Crippen LogP contribution in [0.2, 0.25) is 0 Å². The van der Waals surface area contributed by atoms with E-state index in [0.29, 0.717) is 5.75 Å². The number of thioether (sulfide) groups is 1. The number of ether oxygens (including phenoxy) is 1. The lowest BCUT2D eigenvalue weighted by atomic mass is 9.93. The molecule has 0 bridgehead atoms. The molecule has 1 aliphatic heterocycles. The van der Waals surface area contributed by atoms with E-state index < -0.39 is 6.10 Å². The van der Waals surface area contributed by atoms with Crippen molar-refractivity contribution in [3.05, 3.63) is 41.7 Å². The predicted molar refractivity (Wildman–Crippen MR) is 74.6 cm³/mol. The molecule has 2 unspecified atom stereocenters. The summed E-state index contributed by atoms with van der Waals surface area (Å²) in [5.74, 6) is 1.62. The van der Waals surface area contributed by atoms with Crippen LogP contribution in [0, 0.1) is 0 Å². The summed E-state index contributed by atoms with van der Waals surface area (Å²) in [6.07, 6.45) is 1.05. The summed E-state index contributed by atoms with van der Waals surface area (Å²) in [6.45, 7) is 0. The molecule has 0 fully saturated rings. The van der Waals surface area contributed by atoms with Crippen molar-refractivity contribution in [2.75, 3.05) is 12.9 Å². The Labute approximate surface area is 116 Å². The molecule has 3 rings (SSSR count). The van der Waals surface area contributed by atoms with Gasteiger partial charge in [0.25, 0.3) is 0 Å². The van der Waals surface area contributed by atoms with E-state index in [4.69, 9.17) is 4.74 Å². The van der Waals surface area contributed by atoms with E-state index in [-0.39, 0.29) is 5.92 Å². The molecule has 2 atom stereocenters. The van der Waals surface area contributed by atoms with Gasteiger partial charge in [0.15, 0.2) is 5.75 Å². The van der Waals surface area contributed by atoms with Crippen LogP contribution in [0.25, 0.3) is 0 Å². The SMILES string of the molecule is COc1cnn(C)c1C(O)C1CSc2ccccc21. The Morgan fingerprint density at radius 2 is 2.26 bits per heavy atom. The summed E-state index contributed by atoms with van der Waals surface area (Å²) >= 11 is 1.79. The third kappa shape index (κ3) is 2.03. The highest BCUT2D eigenvalue weighted by atomic mass is 32.2. The molecular weight excluding hydrogens is 260 g/mol. The Morgan fingerprint density at radius 3 is 3.05 bits per heavy atom. The second-order valence-electron chi connectivity index (χ2n) is 4.62. The minimum atomic E-state index is -0.599. The van der Waals surface area contributed by atoms with E-state index in [1.165, 1.54) is 10.5 Å². The number of benzene rings is 1. The number of rotatable bonds is 3. The van der Waals surface area contributed by atoms with Gasteiger partial charge < -0.3 is 9.84 Å². The fraction of sp³-hybridized carbons (Fsp3) is 0.357. The summed E-state index contributed by atoms with van der Waals surface area (Å²) in [4.78, 5) is 1.26. The van der Waals surface area contributed by atoms with Gasteiger partial charge in [0.2, 0.25) is 0 Å². The maximum absolute atomic E-state index is 10.7. The van der Waals surface area contributed by atoms with Gasteiger partial charge in [0, 0.05) is 23.6 Å². The summed E-state index contributed by atoms with van der Waals surface area (Å²) in [6, 6.07) is 8.25. The van der Waals surface area contributed by atoms with Crippen molar-refractivity contribution < 1.29 is 9.84 Å². The lowest BCUT2D eigenvalue weighted by Gasteiger charge is -2.19. The Kier molecular flexibility index (Phi) is 3.24. The highest BCUT2D eigenvalue weighted by Crippen LogP contribution is 2.46. The van der Waals surface area contributed by atoms with Crippen LogP contribution in [0.1, 0.15) is 23.3 Å². The van der Waals surface area contributed by atoms with Gasteiger partial charge in [0.05, 0.1) is 13.3 Å². The lowest BCUT2D eigenvalue weighted by Crippen LogP contribution is -2.15. The highest BCUT2D eigenvalue weighted by molar-refractivity contribution is 7.99. The minimum absolute atomic E-state index is 0.0884. The third-order valence-electron chi connectivity index (χ3n) is 3.57. The summed E-state index contributed by atoms with van der Waals surface area (Å²) in [5, 5.41) is 14.9. The second kappa shape index (κ2) is 4.90. The van der Waals surface area contributed by atoms with Crippen LogP contribution in [-0.2, 0) is 7.05 Å². The molecule has 1 aromatic carbocycles. The number of aliphatic hydroxyl groups excluding tert-OH is 1. The number of hydrogen-bond acceptors (Lipinski definition) is 4. The Morgan fingerprint density at radius 1 is 1.47 bits per heavy atom. The first-order valence-corrected chi connectivity index (χ1v) is 7.16. The molecule has 2 aromatic rings. The first kappa shape index (κ1) is 12.6. The molecule has 1 aromatic heterocycles. The monoisotopic (exact) mass is 276 g/mol. The third-order valence-corrected chi connectivity index (χ3v) is 4.78. The van der Waals surface area contributed by atoms with Gasteiger partial charge in [-0.25, -0.2) is 0 Å². The van der Waals surface area contributed by atoms with Gasteiger partial charge in [0.1, 0.15) is 11.8 Å². The van der Waals surface area contributed by atoms with Crippen LogP contribution in [0.5, 0.6) is 5.75 Å². The predicted octanol–water partition coefficient (Wildman–Crippen LogP) is 2.35. The molecule has 0 saturated heterocycles. The van der Waals surface area contributed by atoms with Crippen molar-refractivity contribution in [2.45, 2.75) is 16.9 Å². The van der Waals surface area contributed by atoms with Gasteiger partial charge in [-0.05, 0) is 11.6 Å². The summed E-state index contributed by atoms with van der Waals surface area (Å²) in [5.41, 5.74) is 1.95. The molecular formula is C14H16N2O2S. The van der Waals surface area contributed by atoms with Crippen LogP contribution in [0.4, 0.5) is 0 Å². The second-order valence-corrected chi connectivity index (χ2v) is 5.68. The molecule has 100 valence electrons. The van der Waals surface area contributed by atoms with Gasteiger partial charge in [-0.15, -0.1) is 11.8 Å². The van der Waals surface area contributed by atoms with Crippen LogP contribution in [-0.4, -0.2) is 27.7 Å². The van der Waals surface area contributed by atoms with Gasteiger partial charge >= 0.3 is 0 Å². The van der Waals surface area contributed by atoms with Gasteiger partial charge in [-0.2, -0.15) is 5.10 Å². The molecule has 0 spiro atoms. The molecule has 0 radical (unpaired) electrons. The molecule has 0 amide bonds. The average molecular weight is 276 g/mol. The number of fused-ring (bicyclic) bond motifs is 1. The van der Waals surface area contributed by atoms with Crippen LogP contribution in [0.3, 0.4) is 0 Å². The van der Waals surface area contributed by atoms with Crippen molar-refractivity contribution in [3.8, 4) is 5.75 Å². The van der Waals surface area contributed by atoms with Crippen molar-refractivity contribution in [2.24, 2.45) is 7.05 Å². The molecule has 4 nitrogen and oxygen atoms in total. The van der Waals surface area contributed by atoms with Crippen LogP contribution in [0.15, 0.2) is 35.4 Å². The fourth-order valence-electron chi connectivity index (χ4n) is 2.56. The quantitative estimate of drug-likeness (QED) is 0.935. The van der Waals surface area contributed by atoms with Crippen molar-refractivity contribution >= 4 is 11.8 Å². The first-order chi connectivity index (χ1) is 9.22. The van der Waals surface area contributed by atoms with E-state index in [2.05, 4.69) is 17.2 Å². The zero-order valence-corrected chi connectivity index (χ0v) is 11.7. The standard InChI is InChI=1S/C14H16N2O2S/c1-16-13(11(18-2)7-15-16)14(17)10-8-19-12-6-4-3-5-9(10)12/h3-7,10,14,17H,8H2,1-2H3. The van der Waals surface area contributed by atoms with Crippen molar-refractivity contribution in [1.82, 2.24) is 9.78 Å². The maximum atomic E-state index is 10.7. The van der Waals surface area contributed by atoms with Crippen molar-refractivity contribution in [1.29, 1.82) is 0 Å². The van der Waals surface area contributed by atoms with E-state index in [0.717, 1.165) is 11.4 Å². The zero-order chi connectivity index (χ0) is 13.4. The van der Waals surface area contributed by atoms with E-state index in [9.17, 15) is 5.11 Å². The van der Waals surface area contributed by atoms with E-state index >= 15 is 0 Å². The first-order valence-electron chi connectivity index (χ1n) is 6.18.